The Morgan fingerprint density at radius 3 is 2.58 bits per heavy atom. The van der Waals surface area contributed by atoms with Crippen molar-refractivity contribution >= 4 is 10.9 Å². The van der Waals surface area contributed by atoms with E-state index in [2.05, 4.69) is 34.3 Å². The maximum Gasteiger partial charge on any atom is 0.123 e. The van der Waals surface area contributed by atoms with Crippen LogP contribution in [0.1, 0.15) is 24.0 Å². The van der Waals surface area contributed by atoms with Gasteiger partial charge in [0.25, 0.3) is 0 Å². The second kappa shape index (κ2) is 8.08. The minimum atomic E-state index is -0.205. The summed E-state index contributed by atoms with van der Waals surface area (Å²) in [7, 11) is 0. The van der Waals surface area contributed by atoms with E-state index in [9.17, 15) is 4.39 Å². The topological polar surface area (TPSA) is 37.2 Å². The number of nitrogens with zero attached hydrogens (tertiary/aromatic N) is 1. The van der Waals surface area contributed by atoms with Gasteiger partial charge in [0.1, 0.15) is 5.82 Å². The number of aliphatic hydroxyl groups excluding tert-OH is 1. The molecule has 3 rings (SSSR count). The smallest absolute Gasteiger partial charge is 0.123 e. The van der Waals surface area contributed by atoms with Gasteiger partial charge in [-0.3, -0.25) is 0 Å². The molecule has 2 aromatic carbocycles. The lowest BCUT2D eigenvalue weighted by Gasteiger charge is -2.05. The Bertz CT molecular complexity index is 780. The number of benzene rings is 2. The van der Waals surface area contributed by atoms with Gasteiger partial charge in [-0.2, -0.15) is 0 Å². The number of hydrogen-bond donors (Lipinski definition) is 2. The number of halogens is 1. The van der Waals surface area contributed by atoms with Crippen molar-refractivity contribution in [2.75, 3.05) is 13.2 Å². The zero-order valence-electron chi connectivity index (χ0n) is 13.7. The lowest BCUT2D eigenvalue weighted by atomic mass is 10.2. The Morgan fingerprint density at radius 2 is 1.79 bits per heavy atom. The zero-order valence-corrected chi connectivity index (χ0v) is 13.7. The van der Waals surface area contributed by atoms with E-state index in [0.29, 0.717) is 0 Å². The highest BCUT2D eigenvalue weighted by Crippen LogP contribution is 2.22. The first-order chi connectivity index (χ1) is 11.8. The average Bonchev–Trinajstić information content (AvgIpc) is 2.95. The van der Waals surface area contributed by atoms with E-state index >= 15 is 0 Å². The third-order valence-electron chi connectivity index (χ3n) is 4.21. The van der Waals surface area contributed by atoms with Crippen LogP contribution in [0.15, 0.2) is 54.7 Å². The third-order valence-corrected chi connectivity index (χ3v) is 4.21. The average molecular weight is 326 g/mol. The summed E-state index contributed by atoms with van der Waals surface area (Å²) in [6.45, 7) is 2.68. The fourth-order valence-corrected chi connectivity index (χ4v) is 2.97. The number of aliphatic hydroxyl groups is 1. The van der Waals surface area contributed by atoms with Crippen LogP contribution in [0.4, 0.5) is 4.39 Å². The minimum Gasteiger partial charge on any atom is -0.396 e. The van der Waals surface area contributed by atoms with E-state index < -0.39 is 0 Å². The summed E-state index contributed by atoms with van der Waals surface area (Å²) >= 11 is 0. The zero-order chi connectivity index (χ0) is 16.8. The molecular formula is C20H23FN2O. The number of nitrogens with one attached hydrogen (secondary N) is 1. The molecule has 0 unspecified atom stereocenters. The highest BCUT2D eigenvalue weighted by molar-refractivity contribution is 5.84. The summed E-state index contributed by atoms with van der Waals surface area (Å²) in [4.78, 5) is 0. The van der Waals surface area contributed by atoms with Gasteiger partial charge in [-0.15, -0.1) is 0 Å². The maximum atomic E-state index is 13.1. The van der Waals surface area contributed by atoms with Gasteiger partial charge in [-0.25, -0.2) is 4.39 Å². The Morgan fingerprint density at radius 1 is 1.00 bits per heavy atom. The predicted octanol–water partition coefficient (Wildman–Crippen LogP) is 3.69. The molecule has 126 valence electrons. The summed E-state index contributed by atoms with van der Waals surface area (Å²) in [6.07, 6.45) is 3.98. The van der Waals surface area contributed by atoms with Crippen molar-refractivity contribution in [3.05, 3.63) is 71.7 Å². The van der Waals surface area contributed by atoms with E-state index in [1.54, 1.807) is 0 Å². The van der Waals surface area contributed by atoms with Crippen molar-refractivity contribution in [3.63, 3.8) is 0 Å². The first-order valence-corrected chi connectivity index (χ1v) is 8.40. The lowest BCUT2D eigenvalue weighted by Crippen LogP contribution is -2.14. The normalized spacial score (nSPS) is 11.2. The van der Waals surface area contributed by atoms with Gasteiger partial charge in [-0.1, -0.05) is 30.3 Å². The Balaban J connectivity index is 1.77. The molecule has 2 N–H and O–H groups in total. The van der Waals surface area contributed by atoms with Gasteiger partial charge in [-0.05, 0) is 48.7 Å². The van der Waals surface area contributed by atoms with Crippen LogP contribution in [0.5, 0.6) is 0 Å². The van der Waals surface area contributed by atoms with Crippen molar-refractivity contribution in [2.45, 2.75) is 25.9 Å². The van der Waals surface area contributed by atoms with Crippen molar-refractivity contribution < 1.29 is 9.50 Å². The molecule has 0 saturated carbocycles. The second-order valence-electron chi connectivity index (χ2n) is 6.03. The molecule has 0 aliphatic rings. The van der Waals surface area contributed by atoms with E-state index in [1.165, 1.54) is 28.6 Å². The van der Waals surface area contributed by atoms with Crippen LogP contribution in [-0.2, 0) is 13.1 Å². The summed E-state index contributed by atoms with van der Waals surface area (Å²) in [5.74, 6) is -0.205. The largest absolute Gasteiger partial charge is 0.396 e. The molecule has 0 radical (unpaired) electrons. The number of aromatic nitrogens is 1. The molecule has 0 atom stereocenters. The van der Waals surface area contributed by atoms with E-state index in [4.69, 9.17) is 5.11 Å². The van der Waals surface area contributed by atoms with Crippen LogP contribution in [-0.4, -0.2) is 22.8 Å². The van der Waals surface area contributed by atoms with E-state index in [-0.39, 0.29) is 12.4 Å². The molecule has 0 aliphatic heterocycles. The molecule has 1 aromatic heterocycles. The van der Waals surface area contributed by atoms with Crippen LogP contribution in [0.25, 0.3) is 10.9 Å². The molecule has 4 heteroatoms. The quantitative estimate of drug-likeness (QED) is 0.620. The molecule has 24 heavy (non-hydrogen) atoms. The molecule has 0 saturated heterocycles. The van der Waals surface area contributed by atoms with Crippen LogP contribution < -0.4 is 5.32 Å². The standard InChI is InChI=1S/C20H23FN2O/c21-18-9-7-16(8-10-18)14-23-15-17(13-22-11-3-4-12-24)19-5-1-2-6-20(19)23/h1-2,5-10,15,22,24H,3-4,11-14H2. The number of rotatable bonds is 8. The Hall–Kier alpha value is -2.17. The van der Waals surface area contributed by atoms with Crippen molar-refractivity contribution in [1.29, 1.82) is 0 Å². The minimum absolute atomic E-state index is 0.205. The van der Waals surface area contributed by atoms with Gasteiger partial charge in [0, 0.05) is 36.8 Å². The summed E-state index contributed by atoms with van der Waals surface area (Å²) in [5, 5.41) is 13.5. The number of para-hydroxylation sites is 1. The van der Waals surface area contributed by atoms with Gasteiger partial charge in [0.2, 0.25) is 0 Å². The summed E-state index contributed by atoms with van der Waals surface area (Å²) in [6, 6.07) is 15.0. The fourth-order valence-electron chi connectivity index (χ4n) is 2.97. The number of fused-ring (bicyclic) bond motifs is 1. The van der Waals surface area contributed by atoms with Gasteiger partial charge in [0.15, 0.2) is 0 Å². The van der Waals surface area contributed by atoms with Gasteiger partial charge in [0.05, 0.1) is 0 Å². The van der Waals surface area contributed by atoms with Crippen LogP contribution >= 0.6 is 0 Å². The van der Waals surface area contributed by atoms with Crippen LogP contribution in [0.3, 0.4) is 0 Å². The molecule has 1 heterocycles. The Kier molecular flexibility index (Phi) is 5.62. The second-order valence-corrected chi connectivity index (χ2v) is 6.03. The highest BCUT2D eigenvalue weighted by Gasteiger charge is 2.08. The molecular weight excluding hydrogens is 303 g/mol. The fraction of sp³-hybridized carbons (Fsp3) is 0.300. The highest BCUT2D eigenvalue weighted by atomic mass is 19.1. The molecule has 3 nitrogen and oxygen atoms in total. The van der Waals surface area contributed by atoms with Crippen molar-refractivity contribution in [1.82, 2.24) is 9.88 Å². The molecule has 0 aliphatic carbocycles. The monoisotopic (exact) mass is 326 g/mol. The van der Waals surface area contributed by atoms with Crippen molar-refractivity contribution in [2.24, 2.45) is 0 Å². The summed E-state index contributed by atoms with van der Waals surface area (Å²) in [5.41, 5.74) is 3.53. The number of hydrogen-bond acceptors (Lipinski definition) is 2. The first-order valence-electron chi connectivity index (χ1n) is 8.40. The maximum absolute atomic E-state index is 13.1. The predicted molar refractivity (Wildman–Crippen MR) is 95.5 cm³/mol. The molecule has 0 fully saturated rings. The van der Waals surface area contributed by atoms with Gasteiger partial charge >= 0.3 is 0 Å². The SMILES string of the molecule is OCCCCNCc1cn(Cc2ccc(F)cc2)c2ccccc12. The van der Waals surface area contributed by atoms with Crippen LogP contribution in [0.2, 0.25) is 0 Å². The molecule has 0 spiro atoms. The lowest BCUT2D eigenvalue weighted by molar-refractivity contribution is 0.283. The molecule has 0 bridgehead atoms. The molecule has 3 aromatic rings. The van der Waals surface area contributed by atoms with E-state index in [1.807, 2.05) is 18.2 Å². The van der Waals surface area contributed by atoms with Crippen molar-refractivity contribution in [3.8, 4) is 0 Å². The molecule has 0 amide bonds. The van der Waals surface area contributed by atoms with E-state index in [0.717, 1.165) is 38.0 Å². The third kappa shape index (κ3) is 4.02. The van der Waals surface area contributed by atoms with Crippen LogP contribution in [0, 0.1) is 5.82 Å². The number of unbranched alkanes of at least 4 members (excludes halogenated alkanes) is 1. The van der Waals surface area contributed by atoms with Gasteiger partial charge < -0.3 is 15.0 Å². The first kappa shape index (κ1) is 16.7. The Labute approximate surface area is 141 Å². The summed E-state index contributed by atoms with van der Waals surface area (Å²) < 4.78 is 15.3.